The lowest BCUT2D eigenvalue weighted by Crippen LogP contribution is -2.09. The lowest BCUT2D eigenvalue weighted by Gasteiger charge is -2.07. The van der Waals surface area contributed by atoms with Gasteiger partial charge in [0.05, 0.1) is 18.3 Å². The van der Waals surface area contributed by atoms with Gasteiger partial charge in [-0.15, -0.1) is 0 Å². The average molecular weight is 195 g/mol. The molecule has 0 saturated heterocycles. The fourth-order valence-corrected chi connectivity index (χ4v) is 1.07. The summed E-state index contributed by atoms with van der Waals surface area (Å²) in [5.41, 5.74) is 7.04. The highest BCUT2D eigenvalue weighted by molar-refractivity contribution is 5.67. The number of carboxylic acid groups (broad SMARTS) is 1. The Morgan fingerprint density at radius 1 is 1.71 bits per heavy atom. The van der Waals surface area contributed by atoms with Crippen molar-refractivity contribution in [2.75, 3.05) is 17.6 Å². The molecule has 0 saturated carbocycles. The van der Waals surface area contributed by atoms with Crippen molar-refractivity contribution in [2.24, 2.45) is 0 Å². The number of hydrogen-bond donors (Lipinski definition) is 3. The Hall–Kier alpha value is -1.78. The molecular formula is C9H13N3O2. The standard InChI is InChI=1S/C9H13N3O2/c1-6-4-7(10)5-12-9(6)11-3-2-8(13)14/h4-5H,2-3,10H2,1H3,(H,11,12)(H,13,14). The highest BCUT2D eigenvalue weighted by atomic mass is 16.4. The number of aromatic nitrogens is 1. The van der Waals surface area contributed by atoms with Crippen LogP contribution in [0, 0.1) is 6.92 Å². The summed E-state index contributed by atoms with van der Waals surface area (Å²) in [6.45, 7) is 2.24. The van der Waals surface area contributed by atoms with Crippen molar-refractivity contribution in [2.45, 2.75) is 13.3 Å². The van der Waals surface area contributed by atoms with E-state index in [4.69, 9.17) is 10.8 Å². The van der Waals surface area contributed by atoms with Crippen molar-refractivity contribution in [1.82, 2.24) is 4.98 Å². The van der Waals surface area contributed by atoms with Crippen LogP contribution in [0.2, 0.25) is 0 Å². The fraction of sp³-hybridized carbons (Fsp3) is 0.333. The highest BCUT2D eigenvalue weighted by Gasteiger charge is 2.01. The summed E-state index contributed by atoms with van der Waals surface area (Å²) >= 11 is 0. The molecule has 0 bridgehead atoms. The first-order valence-corrected chi connectivity index (χ1v) is 4.27. The molecule has 0 amide bonds. The summed E-state index contributed by atoms with van der Waals surface area (Å²) in [6.07, 6.45) is 1.61. The Kier molecular flexibility index (Phi) is 3.28. The zero-order chi connectivity index (χ0) is 10.6. The minimum atomic E-state index is -0.828. The SMILES string of the molecule is Cc1cc(N)cnc1NCCC(=O)O. The summed E-state index contributed by atoms with van der Waals surface area (Å²) in [5, 5.41) is 11.3. The molecule has 1 aromatic heterocycles. The largest absolute Gasteiger partial charge is 0.481 e. The Morgan fingerprint density at radius 2 is 2.43 bits per heavy atom. The molecule has 1 heterocycles. The third kappa shape index (κ3) is 2.93. The molecule has 5 heteroatoms. The second kappa shape index (κ2) is 4.45. The van der Waals surface area contributed by atoms with E-state index in [0.717, 1.165) is 5.56 Å². The number of hydrogen-bond acceptors (Lipinski definition) is 4. The van der Waals surface area contributed by atoms with Gasteiger partial charge in [0.2, 0.25) is 0 Å². The molecule has 5 nitrogen and oxygen atoms in total. The van der Waals surface area contributed by atoms with Crippen LogP contribution in [0.5, 0.6) is 0 Å². The molecule has 1 rings (SSSR count). The molecule has 0 fully saturated rings. The number of nitrogen functional groups attached to an aromatic ring is 1. The van der Waals surface area contributed by atoms with Gasteiger partial charge < -0.3 is 16.2 Å². The van der Waals surface area contributed by atoms with E-state index in [1.807, 2.05) is 6.92 Å². The van der Waals surface area contributed by atoms with E-state index < -0.39 is 5.97 Å². The van der Waals surface area contributed by atoms with E-state index in [2.05, 4.69) is 10.3 Å². The van der Waals surface area contributed by atoms with E-state index in [9.17, 15) is 4.79 Å². The van der Waals surface area contributed by atoms with Crippen molar-refractivity contribution in [3.05, 3.63) is 17.8 Å². The predicted octanol–water partition coefficient (Wildman–Crippen LogP) is 0.859. The van der Waals surface area contributed by atoms with Gasteiger partial charge in [0.1, 0.15) is 5.82 Å². The molecule has 0 aromatic carbocycles. The van der Waals surface area contributed by atoms with Gasteiger partial charge in [-0.3, -0.25) is 4.79 Å². The number of pyridine rings is 1. The van der Waals surface area contributed by atoms with Crippen molar-refractivity contribution in [3.8, 4) is 0 Å². The molecule has 0 unspecified atom stereocenters. The Labute approximate surface area is 82.0 Å². The number of carboxylic acids is 1. The van der Waals surface area contributed by atoms with Gasteiger partial charge in [0, 0.05) is 6.54 Å². The predicted molar refractivity (Wildman–Crippen MR) is 54.1 cm³/mol. The van der Waals surface area contributed by atoms with Crippen LogP contribution in [0.1, 0.15) is 12.0 Å². The topological polar surface area (TPSA) is 88.2 Å². The lowest BCUT2D eigenvalue weighted by atomic mass is 10.2. The highest BCUT2D eigenvalue weighted by Crippen LogP contribution is 2.13. The van der Waals surface area contributed by atoms with E-state index in [1.54, 1.807) is 6.07 Å². The van der Waals surface area contributed by atoms with Crippen LogP contribution in [0.15, 0.2) is 12.3 Å². The van der Waals surface area contributed by atoms with E-state index in [1.165, 1.54) is 6.20 Å². The number of carbonyl (C=O) groups is 1. The fourth-order valence-electron chi connectivity index (χ4n) is 1.07. The molecule has 14 heavy (non-hydrogen) atoms. The Morgan fingerprint density at radius 3 is 3.00 bits per heavy atom. The minimum Gasteiger partial charge on any atom is -0.481 e. The molecule has 0 aliphatic heterocycles. The number of nitrogens with one attached hydrogen (secondary N) is 1. The summed E-state index contributed by atoms with van der Waals surface area (Å²) in [6, 6.07) is 1.79. The van der Waals surface area contributed by atoms with Crippen molar-refractivity contribution in [3.63, 3.8) is 0 Å². The molecule has 0 aliphatic rings. The first kappa shape index (κ1) is 10.3. The van der Waals surface area contributed by atoms with E-state index in [-0.39, 0.29) is 6.42 Å². The van der Waals surface area contributed by atoms with Gasteiger partial charge in [-0.05, 0) is 18.6 Å². The van der Waals surface area contributed by atoms with Crippen LogP contribution in [0.25, 0.3) is 0 Å². The van der Waals surface area contributed by atoms with Gasteiger partial charge in [-0.1, -0.05) is 0 Å². The molecule has 0 aliphatic carbocycles. The zero-order valence-electron chi connectivity index (χ0n) is 7.95. The van der Waals surface area contributed by atoms with Crippen LogP contribution < -0.4 is 11.1 Å². The quantitative estimate of drug-likeness (QED) is 0.663. The summed E-state index contributed by atoms with van der Waals surface area (Å²) in [7, 11) is 0. The van der Waals surface area contributed by atoms with Crippen LogP contribution in [-0.2, 0) is 4.79 Å². The summed E-state index contributed by atoms with van der Waals surface area (Å²) < 4.78 is 0. The Balaban J connectivity index is 2.55. The second-order valence-corrected chi connectivity index (χ2v) is 3.00. The van der Waals surface area contributed by atoms with Crippen LogP contribution in [0.3, 0.4) is 0 Å². The molecule has 4 N–H and O–H groups in total. The summed E-state index contributed by atoms with van der Waals surface area (Å²) in [5.74, 6) is -0.147. The average Bonchev–Trinajstić information content (AvgIpc) is 2.08. The molecular weight excluding hydrogens is 182 g/mol. The maximum Gasteiger partial charge on any atom is 0.305 e. The maximum absolute atomic E-state index is 10.2. The molecule has 0 spiro atoms. The number of nitrogens with zero attached hydrogens (tertiary/aromatic N) is 1. The third-order valence-corrected chi connectivity index (χ3v) is 1.73. The number of aliphatic carboxylic acids is 1. The molecule has 1 aromatic rings. The zero-order valence-corrected chi connectivity index (χ0v) is 7.95. The monoisotopic (exact) mass is 195 g/mol. The number of rotatable bonds is 4. The Bertz CT molecular complexity index is 339. The van der Waals surface area contributed by atoms with Crippen LogP contribution in [-0.4, -0.2) is 22.6 Å². The summed E-state index contributed by atoms with van der Waals surface area (Å²) in [4.78, 5) is 14.3. The van der Waals surface area contributed by atoms with Crippen molar-refractivity contribution >= 4 is 17.5 Å². The molecule has 76 valence electrons. The van der Waals surface area contributed by atoms with E-state index >= 15 is 0 Å². The second-order valence-electron chi connectivity index (χ2n) is 3.00. The first-order valence-electron chi connectivity index (χ1n) is 4.27. The number of aryl methyl sites for hydroxylation is 1. The number of anilines is 2. The van der Waals surface area contributed by atoms with Crippen LogP contribution >= 0.6 is 0 Å². The van der Waals surface area contributed by atoms with Crippen molar-refractivity contribution in [1.29, 1.82) is 0 Å². The number of nitrogens with two attached hydrogens (primary N) is 1. The first-order chi connectivity index (χ1) is 6.59. The molecule has 0 radical (unpaired) electrons. The van der Waals surface area contributed by atoms with Gasteiger partial charge >= 0.3 is 5.97 Å². The smallest absolute Gasteiger partial charge is 0.305 e. The lowest BCUT2D eigenvalue weighted by molar-refractivity contribution is -0.136. The minimum absolute atomic E-state index is 0.0749. The van der Waals surface area contributed by atoms with Gasteiger partial charge in [0.15, 0.2) is 0 Å². The maximum atomic E-state index is 10.2. The molecule has 0 atom stereocenters. The van der Waals surface area contributed by atoms with Gasteiger partial charge in [-0.2, -0.15) is 0 Å². The third-order valence-electron chi connectivity index (χ3n) is 1.73. The van der Waals surface area contributed by atoms with Crippen LogP contribution in [0.4, 0.5) is 11.5 Å². The van der Waals surface area contributed by atoms with Crippen molar-refractivity contribution < 1.29 is 9.90 Å². The van der Waals surface area contributed by atoms with Gasteiger partial charge in [-0.25, -0.2) is 4.98 Å². The van der Waals surface area contributed by atoms with E-state index in [0.29, 0.717) is 18.1 Å². The van der Waals surface area contributed by atoms with Gasteiger partial charge in [0.25, 0.3) is 0 Å². The normalized spacial score (nSPS) is 9.79.